The van der Waals surface area contributed by atoms with Crippen molar-refractivity contribution in [2.75, 3.05) is 19.7 Å². The number of benzene rings is 1. The van der Waals surface area contributed by atoms with Gasteiger partial charge in [0.2, 0.25) is 0 Å². The average Bonchev–Trinajstić information content (AvgIpc) is 2.69. The largest absolute Gasteiger partial charge is 0.493 e. The minimum absolute atomic E-state index is 0.119. The molecule has 0 saturated carbocycles. The summed E-state index contributed by atoms with van der Waals surface area (Å²) in [5, 5.41) is 0. The number of fused-ring (bicyclic) bond motifs is 1. The Bertz CT molecular complexity index is 736. The molecule has 1 amide bonds. The number of aromatic nitrogens is 1. The van der Waals surface area contributed by atoms with Crippen molar-refractivity contribution < 1.29 is 9.53 Å². The Balaban J connectivity index is 1.38. The van der Waals surface area contributed by atoms with Gasteiger partial charge in [0.1, 0.15) is 5.75 Å². The normalized spacial score (nSPS) is 19.8. The number of ether oxygens (including phenoxy) is 1. The quantitative estimate of drug-likeness (QED) is 0.861. The number of hydrogen-bond acceptors (Lipinski definition) is 3. The zero-order chi connectivity index (χ0) is 17.1. The van der Waals surface area contributed by atoms with E-state index in [-0.39, 0.29) is 5.91 Å². The molecule has 0 N–H and O–H groups in total. The molecule has 3 heterocycles. The maximum atomic E-state index is 12.5. The smallest absolute Gasteiger partial charge is 0.255 e. The van der Waals surface area contributed by atoms with Crippen molar-refractivity contribution in [1.29, 1.82) is 0 Å². The number of pyridine rings is 1. The van der Waals surface area contributed by atoms with Gasteiger partial charge in [0.25, 0.3) is 5.91 Å². The Labute approximate surface area is 148 Å². The van der Waals surface area contributed by atoms with Crippen LogP contribution in [-0.2, 0) is 12.8 Å². The van der Waals surface area contributed by atoms with Gasteiger partial charge < -0.3 is 9.64 Å². The molecule has 1 atom stereocenters. The van der Waals surface area contributed by atoms with E-state index < -0.39 is 0 Å². The zero-order valence-corrected chi connectivity index (χ0v) is 14.5. The first-order chi connectivity index (χ1) is 12.3. The van der Waals surface area contributed by atoms with E-state index in [0.29, 0.717) is 11.5 Å². The fourth-order valence-corrected chi connectivity index (χ4v) is 3.77. The second-order valence-electron chi connectivity index (χ2n) is 7.08. The van der Waals surface area contributed by atoms with Crippen LogP contribution in [0.1, 0.15) is 40.9 Å². The molecule has 0 spiro atoms. The first kappa shape index (κ1) is 16.1. The third kappa shape index (κ3) is 3.68. The van der Waals surface area contributed by atoms with Crippen LogP contribution in [0.2, 0.25) is 0 Å². The second kappa shape index (κ2) is 7.26. The van der Waals surface area contributed by atoms with Crippen LogP contribution in [0.4, 0.5) is 0 Å². The van der Waals surface area contributed by atoms with E-state index in [2.05, 4.69) is 17.1 Å². The number of rotatable bonds is 3. The fourth-order valence-electron chi connectivity index (χ4n) is 3.77. The SMILES string of the molecule is O=C(c1ccc(C[C@H]2COc3ccccc3C2)nc1)N1CCCCC1. The van der Waals surface area contributed by atoms with Gasteiger partial charge in [-0.3, -0.25) is 9.78 Å². The third-order valence-electron chi connectivity index (χ3n) is 5.17. The fraction of sp³-hybridized carbons (Fsp3) is 0.429. The molecule has 2 aliphatic heterocycles. The van der Waals surface area contributed by atoms with E-state index in [1.165, 1.54) is 12.0 Å². The van der Waals surface area contributed by atoms with Gasteiger partial charge in [-0.05, 0) is 55.9 Å². The van der Waals surface area contributed by atoms with Gasteiger partial charge in [-0.1, -0.05) is 18.2 Å². The summed E-state index contributed by atoms with van der Waals surface area (Å²) in [7, 11) is 0. The first-order valence-corrected chi connectivity index (χ1v) is 9.24. The molecule has 1 saturated heterocycles. The number of carbonyl (C=O) groups excluding carboxylic acids is 1. The van der Waals surface area contributed by atoms with Gasteiger partial charge in [-0.15, -0.1) is 0 Å². The molecular formula is C21H24N2O2. The molecule has 4 nitrogen and oxygen atoms in total. The Morgan fingerprint density at radius 1 is 1.12 bits per heavy atom. The predicted molar refractivity (Wildman–Crippen MR) is 96.8 cm³/mol. The average molecular weight is 336 g/mol. The van der Waals surface area contributed by atoms with Crippen LogP contribution in [0.25, 0.3) is 0 Å². The van der Waals surface area contributed by atoms with E-state index in [0.717, 1.165) is 56.8 Å². The van der Waals surface area contributed by atoms with E-state index in [1.807, 2.05) is 29.2 Å². The molecule has 4 heteroatoms. The number of nitrogens with zero attached hydrogens (tertiary/aromatic N) is 2. The summed E-state index contributed by atoms with van der Waals surface area (Å²) in [5.74, 6) is 1.56. The van der Waals surface area contributed by atoms with Crippen LogP contribution < -0.4 is 4.74 Å². The standard InChI is InChI=1S/C21H24N2O2/c24-21(23-10-4-1-5-11-23)18-8-9-19(22-14-18)13-16-12-17-6-2-3-7-20(17)25-15-16/h2-3,6-9,14,16H,1,4-5,10-13,15H2/t16-/m0/s1. The monoisotopic (exact) mass is 336 g/mol. The lowest BCUT2D eigenvalue weighted by atomic mass is 9.92. The van der Waals surface area contributed by atoms with Gasteiger partial charge in [0, 0.05) is 30.9 Å². The lowest BCUT2D eigenvalue weighted by Gasteiger charge is -2.27. The third-order valence-corrected chi connectivity index (χ3v) is 5.17. The minimum Gasteiger partial charge on any atom is -0.493 e. The van der Waals surface area contributed by atoms with Crippen LogP contribution in [-0.4, -0.2) is 35.5 Å². The number of hydrogen-bond donors (Lipinski definition) is 0. The summed E-state index contributed by atoms with van der Waals surface area (Å²) in [6, 6.07) is 12.2. The van der Waals surface area contributed by atoms with E-state index in [9.17, 15) is 4.79 Å². The summed E-state index contributed by atoms with van der Waals surface area (Å²) in [6.07, 6.45) is 7.09. The summed E-state index contributed by atoms with van der Waals surface area (Å²) < 4.78 is 5.86. The Morgan fingerprint density at radius 2 is 1.96 bits per heavy atom. The van der Waals surface area contributed by atoms with Gasteiger partial charge in [-0.25, -0.2) is 0 Å². The highest BCUT2D eigenvalue weighted by molar-refractivity contribution is 5.93. The molecule has 0 aliphatic carbocycles. The van der Waals surface area contributed by atoms with Crippen molar-refractivity contribution in [1.82, 2.24) is 9.88 Å². The van der Waals surface area contributed by atoms with Crippen molar-refractivity contribution in [2.45, 2.75) is 32.1 Å². The number of amides is 1. The maximum Gasteiger partial charge on any atom is 0.255 e. The molecule has 25 heavy (non-hydrogen) atoms. The van der Waals surface area contributed by atoms with E-state index >= 15 is 0 Å². The van der Waals surface area contributed by atoms with Crippen molar-refractivity contribution in [3.8, 4) is 5.75 Å². The number of piperidine rings is 1. The second-order valence-corrected chi connectivity index (χ2v) is 7.08. The van der Waals surface area contributed by atoms with Crippen LogP contribution in [0, 0.1) is 5.92 Å². The summed E-state index contributed by atoms with van der Waals surface area (Å²) in [4.78, 5) is 19.0. The topological polar surface area (TPSA) is 42.4 Å². The Kier molecular flexibility index (Phi) is 4.68. The summed E-state index contributed by atoms with van der Waals surface area (Å²) in [5.41, 5.74) is 3.01. The highest BCUT2D eigenvalue weighted by Crippen LogP contribution is 2.28. The van der Waals surface area contributed by atoms with Crippen molar-refractivity contribution in [2.24, 2.45) is 5.92 Å². The molecule has 130 valence electrons. The van der Waals surface area contributed by atoms with Crippen molar-refractivity contribution >= 4 is 5.91 Å². The van der Waals surface area contributed by atoms with Gasteiger partial charge in [-0.2, -0.15) is 0 Å². The lowest BCUT2D eigenvalue weighted by Crippen LogP contribution is -2.35. The van der Waals surface area contributed by atoms with Gasteiger partial charge in [0.15, 0.2) is 0 Å². The first-order valence-electron chi connectivity index (χ1n) is 9.24. The van der Waals surface area contributed by atoms with Crippen molar-refractivity contribution in [3.05, 3.63) is 59.4 Å². The summed E-state index contributed by atoms with van der Waals surface area (Å²) >= 11 is 0. The molecule has 1 aromatic heterocycles. The van der Waals surface area contributed by atoms with Crippen molar-refractivity contribution in [3.63, 3.8) is 0 Å². The van der Waals surface area contributed by atoms with E-state index in [4.69, 9.17) is 4.74 Å². The van der Waals surface area contributed by atoms with Gasteiger partial charge in [0.05, 0.1) is 12.2 Å². The minimum atomic E-state index is 0.119. The molecular weight excluding hydrogens is 312 g/mol. The molecule has 1 fully saturated rings. The molecule has 0 radical (unpaired) electrons. The Morgan fingerprint density at radius 3 is 2.76 bits per heavy atom. The molecule has 2 aliphatic rings. The van der Waals surface area contributed by atoms with Crippen LogP contribution >= 0.6 is 0 Å². The highest BCUT2D eigenvalue weighted by Gasteiger charge is 2.21. The summed E-state index contributed by atoms with van der Waals surface area (Å²) in [6.45, 7) is 2.48. The molecule has 2 aromatic rings. The van der Waals surface area contributed by atoms with E-state index in [1.54, 1.807) is 6.20 Å². The molecule has 0 unspecified atom stereocenters. The molecule has 1 aromatic carbocycles. The Hall–Kier alpha value is -2.36. The van der Waals surface area contributed by atoms with Crippen LogP contribution in [0.15, 0.2) is 42.6 Å². The maximum absolute atomic E-state index is 12.5. The van der Waals surface area contributed by atoms with Gasteiger partial charge >= 0.3 is 0 Å². The lowest BCUT2D eigenvalue weighted by molar-refractivity contribution is 0.0724. The molecule has 0 bridgehead atoms. The highest BCUT2D eigenvalue weighted by atomic mass is 16.5. The predicted octanol–water partition coefficient (Wildman–Crippen LogP) is 3.50. The number of carbonyl (C=O) groups is 1. The number of para-hydroxylation sites is 1. The molecule has 4 rings (SSSR count). The van der Waals surface area contributed by atoms with Crippen LogP contribution in [0.3, 0.4) is 0 Å². The zero-order valence-electron chi connectivity index (χ0n) is 14.5. The van der Waals surface area contributed by atoms with Crippen LogP contribution in [0.5, 0.6) is 5.75 Å². The number of likely N-dealkylation sites (tertiary alicyclic amines) is 1.